The molecule has 0 atom stereocenters. The van der Waals surface area contributed by atoms with Gasteiger partial charge in [0.25, 0.3) is 0 Å². The SMILES string of the molecule is COC(=O)COc1ccc(SCc2sc(-c3ccc(C(F)(F)F)cc3)nc2CN2CCN(C(=O)[O-])CC2)cc1C. The largest absolute Gasteiger partial charge is 0.530 e. The standard InChI is InChI=1S/C27H28F3N3O5S2/c1-17-13-20(7-8-22(17)38-15-24(34)37-2)39-16-23-21(14-32-9-11-33(12-10-32)26(35)36)31-25(40-23)18-3-5-19(6-4-18)27(28,29)30/h3-8,13H,9-12,14-16H2,1-2H3,(H,35,36)/p-1. The number of methoxy groups -OCH3 is 1. The van der Waals surface area contributed by atoms with Gasteiger partial charge >= 0.3 is 12.1 Å². The summed E-state index contributed by atoms with van der Waals surface area (Å²) in [4.78, 5) is 32.6. The summed E-state index contributed by atoms with van der Waals surface area (Å²) in [5, 5.41) is 11.8. The lowest BCUT2D eigenvalue weighted by Crippen LogP contribution is -2.52. The van der Waals surface area contributed by atoms with E-state index in [2.05, 4.69) is 9.64 Å². The lowest BCUT2D eigenvalue weighted by atomic mass is 10.1. The van der Waals surface area contributed by atoms with E-state index in [1.54, 1.807) is 17.8 Å². The normalized spacial score (nSPS) is 14.3. The van der Waals surface area contributed by atoms with Crippen LogP contribution in [-0.2, 0) is 28.0 Å². The van der Waals surface area contributed by atoms with Crippen molar-refractivity contribution >= 4 is 35.2 Å². The van der Waals surface area contributed by atoms with Crippen LogP contribution < -0.4 is 9.84 Å². The molecule has 40 heavy (non-hydrogen) atoms. The van der Waals surface area contributed by atoms with E-state index in [4.69, 9.17) is 9.72 Å². The van der Waals surface area contributed by atoms with Gasteiger partial charge in [-0.25, -0.2) is 9.78 Å². The molecule has 1 aromatic heterocycles. The number of aryl methyl sites for hydroxylation is 1. The second-order valence-corrected chi connectivity index (χ2v) is 11.2. The predicted octanol–water partition coefficient (Wildman–Crippen LogP) is 4.44. The van der Waals surface area contributed by atoms with Gasteiger partial charge in [0.15, 0.2) is 6.61 Å². The van der Waals surface area contributed by atoms with Crippen LogP contribution >= 0.6 is 23.1 Å². The Kier molecular flexibility index (Phi) is 9.59. The number of halogens is 3. The number of alkyl halides is 3. The highest BCUT2D eigenvalue weighted by molar-refractivity contribution is 7.98. The number of carbonyl (C=O) groups excluding carboxylic acids is 2. The van der Waals surface area contributed by atoms with Crippen molar-refractivity contribution in [2.24, 2.45) is 0 Å². The quantitative estimate of drug-likeness (QED) is 0.265. The number of amides is 1. The van der Waals surface area contributed by atoms with E-state index in [1.165, 1.54) is 35.5 Å². The Hall–Kier alpha value is -3.29. The monoisotopic (exact) mass is 594 g/mol. The molecule has 1 fully saturated rings. The van der Waals surface area contributed by atoms with Crippen LogP contribution in [-0.4, -0.2) is 66.7 Å². The minimum atomic E-state index is -4.42. The van der Waals surface area contributed by atoms with Gasteiger partial charge in [0.2, 0.25) is 0 Å². The van der Waals surface area contributed by atoms with E-state index in [-0.39, 0.29) is 6.61 Å². The summed E-state index contributed by atoms with van der Waals surface area (Å²) in [5.41, 5.74) is 1.54. The Morgan fingerprint density at radius 2 is 1.80 bits per heavy atom. The van der Waals surface area contributed by atoms with Crippen molar-refractivity contribution < 1.29 is 37.3 Å². The van der Waals surface area contributed by atoms with Gasteiger partial charge in [0, 0.05) is 53.8 Å². The van der Waals surface area contributed by atoms with E-state index in [0.717, 1.165) is 33.2 Å². The van der Waals surface area contributed by atoms with Crippen LogP contribution in [0.3, 0.4) is 0 Å². The van der Waals surface area contributed by atoms with Gasteiger partial charge in [0.05, 0.1) is 18.4 Å². The molecule has 1 saturated heterocycles. The highest BCUT2D eigenvalue weighted by atomic mass is 32.2. The molecule has 2 heterocycles. The summed E-state index contributed by atoms with van der Waals surface area (Å²) in [6.07, 6.45) is -5.60. The first-order chi connectivity index (χ1) is 19.0. The van der Waals surface area contributed by atoms with Gasteiger partial charge < -0.3 is 24.3 Å². The average molecular weight is 595 g/mol. The molecule has 1 amide bonds. The zero-order valence-corrected chi connectivity index (χ0v) is 23.5. The number of carboxylic acid groups (broad SMARTS) is 1. The van der Waals surface area contributed by atoms with Crippen molar-refractivity contribution in [1.82, 2.24) is 14.8 Å². The third-order valence-electron chi connectivity index (χ3n) is 6.33. The highest BCUT2D eigenvalue weighted by Gasteiger charge is 2.30. The molecule has 8 nitrogen and oxygen atoms in total. The number of carbonyl (C=O) groups is 2. The van der Waals surface area contributed by atoms with Crippen molar-refractivity contribution in [3.63, 3.8) is 0 Å². The molecule has 0 saturated carbocycles. The molecule has 1 aliphatic rings. The molecule has 214 valence electrons. The number of thioether (sulfide) groups is 1. The number of ether oxygens (including phenoxy) is 2. The van der Waals surface area contributed by atoms with Crippen molar-refractivity contribution in [1.29, 1.82) is 0 Å². The summed E-state index contributed by atoms with van der Waals surface area (Å²) in [6.45, 7) is 3.92. The van der Waals surface area contributed by atoms with Gasteiger partial charge in [-0.15, -0.1) is 23.1 Å². The molecule has 0 N–H and O–H groups in total. The van der Waals surface area contributed by atoms with Crippen LogP contribution in [0.5, 0.6) is 5.75 Å². The fraction of sp³-hybridized carbons (Fsp3) is 0.370. The number of nitrogens with zero attached hydrogens (tertiary/aromatic N) is 3. The summed E-state index contributed by atoms with van der Waals surface area (Å²) in [6, 6.07) is 10.6. The Labute approximate surface area is 237 Å². The second kappa shape index (κ2) is 12.9. The molecular formula is C27H27F3N3O5S2-. The Balaban J connectivity index is 1.51. The number of benzene rings is 2. The Bertz CT molecular complexity index is 1340. The summed E-state index contributed by atoms with van der Waals surface area (Å²) in [5.74, 6) is 0.683. The number of thiazole rings is 1. The molecule has 0 spiro atoms. The fourth-order valence-corrected chi connectivity index (χ4v) is 6.24. The summed E-state index contributed by atoms with van der Waals surface area (Å²) < 4.78 is 49.2. The molecule has 0 bridgehead atoms. The topological polar surface area (TPSA) is 95.0 Å². The molecule has 1 aliphatic heterocycles. The van der Waals surface area contributed by atoms with Crippen molar-refractivity contribution in [3.8, 4) is 16.3 Å². The zero-order valence-electron chi connectivity index (χ0n) is 21.8. The van der Waals surface area contributed by atoms with Crippen molar-refractivity contribution in [2.45, 2.75) is 30.3 Å². The van der Waals surface area contributed by atoms with Crippen LogP contribution in [0.25, 0.3) is 10.6 Å². The number of hydrogen-bond acceptors (Lipinski definition) is 9. The predicted molar refractivity (Wildman–Crippen MR) is 143 cm³/mol. The van der Waals surface area contributed by atoms with E-state index in [9.17, 15) is 27.9 Å². The molecule has 2 aromatic carbocycles. The van der Waals surface area contributed by atoms with Crippen LogP contribution in [0.4, 0.5) is 18.0 Å². The minimum absolute atomic E-state index is 0.183. The van der Waals surface area contributed by atoms with Crippen molar-refractivity contribution in [3.05, 3.63) is 64.2 Å². The van der Waals surface area contributed by atoms with Crippen molar-refractivity contribution in [2.75, 3.05) is 39.9 Å². The van der Waals surface area contributed by atoms with Crippen LogP contribution in [0.2, 0.25) is 0 Å². The first kappa shape index (κ1) is 29.7. The summed E-state index contributed by atoms with van der Waals surface area (Å²) in [7, 11) is 1.29. The zero-order chi connectivity index (χ0) is 28.9. The van der Waals surface area contributed by atoms with Crippen LogP contribution in [0.15, 0.2) is 47.4 Å². The fourth-order valence-electron chi connectivity index (χ4n) is 4.06. The first-order valence-electron chi connectivity index (χ1n) is 12.3. The number of piperazine rings is 1. The number of esters is 1. The van der Waals surface area contributed by atoms with Gasteiger partial charge in [-0.05, 0) is 42.8 Å². The van der Waals surface area contributed by atoms with Gasteiger partial charge in [-0.1, -0.05) is 12.1 Å². The molecule has 4 rings (SSSR count). The molecular weight excluding hydrogens is 567 g/mol. The van der Waals surface area contributed by atoms with E-state index < -0.39 is 23.8 Å². The number of rotatable bonds is 9. The maximum absolute atomic E-state index is 13.0. The third kappa shape index (κ3) is 7.67. The van der Waals surface area contributed by atoms with E-state index in [1.807, 2.05) is 19.1 Å². The maximum atomic E-state index is 13.0. The van der Waals surface area contributed by atoms with E-state index in [0.29, 0.717) is 54.8 Å². The van der Waals surface area contributed by atoms with Gasteiger partial charge in [0.1, 0.15) is 16.9 Å². The molecule has 3 aromatic rings. The highest BCUT2D eigenvalue weighted by Crippen LogP contribution is 2.36. The lowest BCUT2D eigenvalue weighted by molar-refractivity contribution is -0.266. The second-order valence-electron chi connectivity index (χ2n) is 9.07. The number of hydrogen-bond donors (Lipinski definition) is 0. The average Bonchev–Trinajstić information content (AvgIpc) is 3.33. The van der Waals surface area contributed by atoms with Crippen LogP contribution in [0, 0.1) is 6.92 Å². The molecule has 0 aliphatic carbocycles. The summed E-state index contributed by atoms with van der Waals surface area (Å²) >= 11 is 3.01. The minimum Gasteiger partial charge on any atom is -0.530 e. The lowest BCUT2D eigenvalue weighted by Gasteiger charge is -2.35. The molecule has 13 heteroatoms. The van der Waals surface area contributed by atoms with Gasteiger partial charge in [-0.3, -0.25) is 4.90 Å². The molecule has 0 radical (unpaired) electrons. The van der Waals surface area contributed by atoms with Crippen LogP contribution in [0.1, 0.15) is 21.7 Å². The Morgan fingerprint density at radius 3 is 2.40 bits per heavy atom. The smallest absolute Gasteiger partial charge is 0.416 e. The molecule has 0 unspecified atom stereocenters. The Morgan fingerprint density at radius 1 is 1.10 bits per heavy atom. The van der Waals surface area contributed by atoms with Gasteiger partial charge in [-0.2, -0.15) is 13.2 Å². The van der Waals surface area contributed by atoms with E-state index >= 15 is 0 Å². The maximum Gasteiger partial charge on any atom is 0.416 e. The first-order valence-corrected chi connectivity index (χ1v) is 14.1. The third-order valence-corrected chi connectivity index (χ3v) is 8.68. The number of aromatic nitrogens is 1.